The Morgan fingerprint density at radius 3 is 2.56 bits per heavy atom. The second-order valence-corrected chi connectivity index (χ2v) is 7.82. The molecule has 7 nitrogen and oxygen atoms in total. The Morgan fingerprint density at radius 1 is 1.26 bits per heavy atom. The number of ether oxygens (including phenoxy) is 3. The zero-order valence-electron chi connectivity index (χ0n) is 16.3. The van der Waals surface area contributed by atoms with Gasteiger partial charge < -0.3 is 24.6 Å². The Morgan fingerprint density at radius 2 is 1.93 bits per heavy atom. The fraction of sp³-hybridized carbons (Fsp3) is 0.600. The lowest BCUT2D eigenvalue weighted by molar-refractivity contribution is -0.157. The molecule has 1 amide bonds. The minimum Gasteiger partial charge on any atom is -0.458 e. The molecule has 7 heteroatoms. The van der Waals surface area contributed by atoms with E-state index in [0.717, 1.165) is 5.56 Å². The zero-order chi connectivity index (χ0) is 20.0. The molecule has 0 radical (unpaired) electrons. The molecule has 0 bridgehead atoms. The van der Waals surface area contributed by atoms with Crippen molar-refractivity contribution in [1.82, 2.24) is 5.32 Å². The van der Waals surface area contributed by atoms with Crippen LogP contribution in [0.1, 0.15) is 33.3 Å². The Bertz CT molecular complexity index is 627. The Labute approximate surface area is 160 Å². The Kier molecular flexibility index (Phi) is 7.21. The summed E-state index contributed by atoms with van der Waals surface area (Å²) in [7, 11) is 0. The summed E-state index contributed by atoms with van der Waals surface area (Å²) in [4.78, 5) is 24.3. The van der Waals surface area contributed by atoms with Gasteiger partial charge in [0.15, 0.2) is 6.04 Å². The second kappa shape index (κ2) is 9.19. The van der Waals surface area contributed by atoms with Crippen molar-refractivity contribution in [2.45, 2.75) is 58.0 Å². The minimum absolute atomic E-state index is 0.0528. The standard InChI is InChI=1S/C20H29NO6/c1-13-17(22)15(10-14-8-6-5-7-9-14)11-25-12-16(18(23)26-13)21-19(24)27-20(2,3)4/h5-9,13,15-17,22H,10-12H2,1-4H3,(H,21,24). The summed E-state index contributed by atoms with van der Waals surface area (Å²) in [6.07, 6.45) is -1.74. The van der Waals surface area contributed by atoms with Gasteiger partial charge in [-0.3, -0.25) is 0 Å². The van der Waals surface area contributed by atoms with E-state index in [-0.39, 0.29) is 19.1 Å². The molecular formula is C20H29NO6. The summed E-state index contributed by atoms with van der Waals surface area (Å²) in [5.41, 5.74) is 0.379. The molecule has 1 aliphatic rings. The smallest absolute Gasteiger partial charge is 0.408 e. The van der Waals surface area contributed by atoms with E-state index in [9.17, 15) is 14.7 Å². The fourth-order valence-corrected chi connectivity index (χ4v) is 2.87. The van der Waals surface area contributed by atoms with Crippen molar-refractivity contribution in [2.24, 2.45) is 5.92 Å². The van der Waals surface area contributed by atoms with Crippen molar-refractivity contribution in [2.75, 3.05) is 13.2 Å². The van der Waals surface area contributed by atoms with Crippen LogP contribution in [0.5, 0.6) is 0 Å². The molecule has 1 aromatic rings. The van der Waals surface area contributed by atoms with Crippen LogP contribution in [0.25, 0.3) is 0 Å². The Balaban J connectivity index is 2.03. The van der Waals surface area contributed by atoms with Crippen LogP contribution < -0.4 is 5.32 Å². The number of aliphatic hydroxyl groups excluding tert-OH is 1. The molecular weight excluding hydrogens is 350 g/mol. The average molecular weight is 379 g/mol. The fourth-order valence-electron chi connectivity index (χ4n) is 2.87. The van der Waals surface area contributed by atoms with Crippen molar-refractivity contribution >= 4 is 12.1 Å². The number of nitrogens with one attached hydrogen (secondary N) is 1. The highest BCUT2D eigenvalue weighted by Gasteiger charge is 2.34. The third-order valence-electron chi connectivity index (χ3n) is 4.20. The van der Waals surface area contributed by atoms with E-state index in [1.165, 1.54) is 0 Å². The molecule has 2 rings (SSSR count). The molecule has 0 saturated carbocycles. The second-order valence-electron chi connectivity index (χ2n) is 7.82. The molecule has 0 aromatic heterocycles. The van der Waals surface area contributed by atoms with Crippen LogP contribution >= 0.6 is 0 Å². The zero-order valence-corrected chi connectivity index (χ0v) is 16.3. The van der Waals surface area contributed by atoms with Crippen LogP contribution in [0, 0.1) is 5.92 Å². The first-order valence-corrected chi connectivity index (χ1v) is 9.15. The summed E-state index contributed by atoms with van der Waals surface area (Å²) in [6.45, 7) is 7.02. The molecule has 4 unspecified atom stereocenters. The van der Waals surface area contributed by atoms with Crippen LogP contribution in [-0.2, 0) is 25.4 Å². The van der Waals surface area contributed by atoms with E-state index in [1.54, 1.807) is 27.7 Å². The van der Waals surface area contributed by atoms with Crippen molar-refractivity contribution in [1.29, 1.82) is 0 Å². The summed E-state index contributed by atoms with van der Waals surface area (Å²) in [6, 6.07) is 8.75. The number of carbonyl (C=O) groups excluding carboxylic acids is 2. The van der Waals surface area contributed by atoms with Gasteiger partial charge >= 0.3 is 12.1 Å². The predicted molar refractivity (Wildman–Crippen MR) is 99.2 cm³/mol. The van der Waals surface area contributed by atoms with Gasteiger partial charge in [-0.15, -0.1) is 0 Å². The summed E-state index contributed by atoms with van der Waals surface area (Å²) < 4.78 is 16.2. The van der Waals surface area contributed by atoms with Crippen molar-refractivity contribution < 1.29 is 28.9 Å². The third-order valence-corrected chi connectivity index (χ3v) is 4.20. The monoisotopic (exact) mass is 379 g/mol. The van der Waals surface area contributed by atoms with E-state index in [2.05, 4.69) is 5.32 Å². The topological polar surface area (TPSA) is 94.1 Å². The Hall–Kier alpha value is -2.12. The van der Waals surface area contributed by atoms with E-state index < -0.39 is 35.9 Å². The molecule has 150 valence electrons. The highest BCUT2D eigenvalue weighted by Crippen LogP contribution is 2.20. The maximum atomic E-state index is 12.4. The van der Waals surface area contributed by atoms with Gasteiger partial charge in [-0.25, -0.2) is 9.59 Å². The molecule has 27 heavy (non-hydrogen) atoms. The summed E-state index contributed by atoms with van der Waals surface area (Å²) >= 11 is 0. The quantitative estimate of drug-likeness (QED) is 0.781. The third kappa shape index (κ3) is 6.84. The number of benzene rings is 1. The molecule has 1 heterocycles. The number of aliphatic hydroxyl groups is 1. The van der Waals surface area contributed by atoms with Gasteiger partial charge in [0.2, 0.25) is 0 Å². The van der Waals surface area contributed by atoms with Gasteiger partial charge in [0.25, 0.3) is 0 Å². The van der Waals surface area contributed by atoms with Crippen LogP contribution in [0.3, 0.4) is 0 Å². The van der Waals surface area contributed by atoms with Crippen molar-refractivity contribution in [3.05, 3.63) is 35.9 Å². The highest BCUT2D eigenvalue weighted by atomic mass is 16.6. The number of amides is 1. The average Bonchev–Trinajstić information content (AvgIpc) is 2.61. The molecule has 2 N–H and O–H groups in total. The normalized spacial score (nSPS) is 26.9. The highest BCUT2D eigenvalue weighted by molar-refractivity contribution is 5.81. The van der Waals surface area contributed by atoms with Crippen LogP contribution in [0.15, 0.2) is 30.3 Å². The van der Waals surface area contributed by atoms with Crippen LogP contribution in [-0.4, -0.2) is 54.2 Å². The maximum absolute atomic E-state index is 12.4. The molecule has 0 aliphatic carbocycles. The van der Waals surface area contributed by atoms with Crippen LogP contribution in [0.4, 0.5) is 4.79 Å². The SMILES string of the molecule is CC1OC(=O)C(NC(=O)OC(C)(C)C)COCC(Cc2ccccc2)C1O. The molecule has 4 atom stereocenters. The number of rotatable bonds is 3. The lowest BCUT2D eigenvalue weighted by Crippen LogP contribution is -2.47. The van der Waals surface area contributed by atoms with Gasteiger partial charge in [0, 0.05) is 5.92 Å². The molecule has 1 fully saturated rings. The molecule has 1 saturated heterocycles. The maximum Gasteiger partial charge on any atom is 0.408 e. The molecule has 1 aliphatic heterocycles. The number of alkyl carbamates (subject to hydrolysis) is 1. The lowest BCUT2D eigenvalue weighted by Gasteiger charge is -2.26. The van der Waals surface area contributed by atoms with Crippen molar-refractivity contribution in [3.8, 4) is 0 Å². The summed E-state index contributed by atoms with van der Waals surface area (Å²) in [5, 5.41) is 13.1. The van der Waals surface area contributed by atoms with Crippen LogP contribution in [0.2, 0.25) is 0 Å². The first-order chi connectivity index (χ1) is 12.7. The molecule has 0 spiro atoms. The minimum atomic E-state index is -0.995. The lowest BCUT2D eigenvalue weighted by atomic mass is 9.92. The number of carbonyl (C=O) groups is 2. The first-order valence-electron chi connectivity index (χ1n) is 9.15. The number of hydrogen-bond acceptors (Lipinski definition) is 6. The number of esters is 1. The van der Waals surface area contributed by atoms with Gasteiger partial charge in [0.1, 0.15) is 11.7 Å². The summed E-state index contributed by atoms with van der Waals surface area (Å²) in [5.74, 6) is -0.900. The molecule has 1 aromatic carbocycles. The van der Waals surface area contributed by atoms with Gasteiger partial charge in [-0.05, 0) is 39.7 Å². The van der Waals surface area contributed by atoms with Gasteiger partial charge in [0.05, 0.1) is 19.3 Å². The first kappa shape index (κ1) is 21.2. The largest absolute Gasteiger partial charge is 0.458 e. The van der Waals surface area contributed by atoms with E-state index in [4.69, 9.17) is 14.2 Å². The van der Waals surface area contributed by atoms with Crippen molar-refractivity contribution in [3.63, 3.8) is 0 Å². The number of hydrogen-bond donors (Lipinski definition) is 2. The van der Waals surface area contributed by atoms with E-state index in [0.29, 0.717) is 6.42 Å². The van der Waals surface area contributed by atoms with Gasteiger partial charge in [-0.2, -0.15) is 0 Å². The van der Waals surface area contributed by atoms with Gasteiger partial charge in [-0.1, -0.05) is 30.3 Å². The number of cyclic esters (lactones) is 1. The predicted octanol–water partition coefficient (Wildman–Crippen LogP) is 2.06. The van der Waals surface area contributed by atoms with E-state index >= 15 is 0 Å². The van der Waals surface area contributed by atoms with E-state index in [1.807, 2.05) is 30.3 Å².